The zero-order chi connectivity index (χ0) is 11.7. The monoisotopic (exact) mass is 215 g/mol. The second kappa shape index (κ2) is 4.00. The SMILES string of the molecule is Cc1ccc(-c2c(N)cnn2C(C)C)cc1. The number of aromatic nitrogens is 2. The van der Waals surface area contributed by atoms with Gasteiger partial charge in [0.1, 0.15) is 0 Å². The molecule has 0 aliphatic carbocycles. The van der Waals surface area contributed by atoms with Crippen molar-refractivity contribution in [2.75, 3.05) is 5.73 Å². The molecule has 0 atom stereocenters. The third-order valence-electron chi connectivity index (χ3n) is 2.64. The number of benzene rings is 1. The maximum absolute atomic E-state index is 5.97. The van der Waals surface area contributed by atoms with Gasteiger partial charge in [0, 0.05) is 11.6 Å². The van der Waals surface area contributed by atoms with Gasteiger partial charge in [-0.2, -0.15) is 5.10 Å². The molecule has 1 heterocycles. The van der Waals surface area contributed by atoms with Crippen molar-refractivity contribution in [3.05, 3.63) is 36.0 Å². The van der Waals surface area contributed by atoms with E-state index in [0.29, 0.717) is 6.04 Å². The lowest BCUT2D eigenvalue weighted by Gasteiger charge is -2.11. The first kappa shape index (κ1) is 10.7. The van der Waals surface area contributed by atoms with Crippen molar-refractivity contribution in [2.24, 2.45) is 0 Å². The second-order valence-electron chi connectivity index (χ2n) is 4.35. The molecule has 1 aromatic heterocycles. The lowest BCUT2D eigenvalue weighted by molar-refractivity contribution is 0.538. The van der Waals surface area contributed by atoms with Gasteiger partial charge in [0.05, 0.1) is 17.6 Å². The van der Waals surface area contributed by atoms with Crippen LogP contribution in [0.15, 0.2) is 30.5 Å². The van der Waals surface area contributed by atoms with Crippen molar-refractivity contribution in [3.8, 4) is 11.3 Å². The first-order valence-corrected chi connectivity index (χ1v) is 5.49. The van der Waals surface area contributed by atoms with E-state index in [1.54, 1.807) is 6.20 Å². The van der Waals surface area contributed by atoms with Crippen molar-refractivity contribution < 1.29 is 0 Å². The highest BCUT2D eigenvalue weighted by Gasteiger charge is 2.12. The van der Waals surface area contributed by atoms with E-state index in [1.165, 1.54) is 5.56 Å². The van der Waals surface area contributed by atoms with Crippen LogP contribution in [0.25, 0.3) is 11.3 Å². The van der Waals surface area contributed by atoms with Crippen LogP contribution in [0.2, 0.25) is 0 Å². The Hall–Kier alpha value is -1.77. The molecule has 84 valence electrons. The minimum absolute atomic E-state index is 0.314. The zero-order valence-electron chi connectivity index (χ0n) is 9.94. The van der Waals surface area contributed by atoms with E-state index in [1.807, 2.05) is 4.68 Å². The second-order valence-corrected chi connectivity index (χ2v) is 4.35. The van der Waals surface area contributed by atoms with Gasteiger partial charge < -0.3 is 5.73 Å². The minimum atomic E-state index is 0.314. The molecule has 0 aliphatic rings. The number of hydrogen-bond acceptors (Lipinski definition) is 2. The Morgan fingerprint density at radius 2 is 1.81 bits per heavy atom. The van der Waals surface area contributed by atoms with Crippen LogP contribution in [0.4, 0.5) is 5.69 Å². The van der Waals surface area contributed by atoms with Gasteiger partial charge in [-0.3, -0.25) is 4.68 Å². The molecule has 0 radical (unpaired) electrons. The molecule has 2 rings (SSSR count). The lowest BCUT2D eigenvalue weighted by Crippen LogP contribution is -2.05. The molecular formula is C13H17N3. The topological polar surface area (TPSA) is 43.8 Å². The van der Waals surface area contributed by atoms with Crippen LogP contribution in [-0.2, 0) is 0 Å². The van der Waals surface area contributed by atoms with Crippen molar-refractivity contribution >= 4 is 5.69 Å². The fourth-order valence-electron chi connectivity index (χ4n) is 1.78. The molecule has 2 aromatic rings. The average molecular weight is 215 g/mol. The Balaban J connectivity index is 2.54. The van der Waals surface area contributed by atoms with E-state index < -0.39 is 0 Å². The van der Waals surface area contributed by atoms with Crippen molar-refractivity contribution in [1.82, 2.24) is 9.78 Å². The highest BCUT2D eigenvalue weighted by molar-refractivity contribution is 5.72. The van der Waals surface area contributed by atoms with Gasteiger partial charge in [0.25, 0.3) is 0 Å². The molecule has 3 heteroatoms. The van der Waals surface area contributed by atoms with Crippen molar-refractivity contribution in [2.45, 2.75) is 26.8 Å². The predicted molar refractivity (Wildman–Crippen MR) is 67.2 cm³/mol. The number of rotatable bonds is 2. The third kappa shape index (κ3) is 1.81. The summed E-state index contributed by atoms with van der Waals surface area (Å²) in [5.74, 6) is 0. The van der Waals surface area contributed by atoms with Crippen molar-refractivity contribution in [3.63, 3.8) is 0 Å². The maximum atomic E-state index is 5.97. The number of nitrogens with zero attached hydrogens (tertiary/aromatic N) is 2. The molecule has 0 spiro atoms. The Labute approximate surface area is 95.9 Å². The predicted octanol–water partition coefficient (Wildman–Crippen LogP) is 3.02. The standard InChI is InChI=1S/C13H17N3/c1-9(2)16-13(12(14)8-15-16)11-6-4-10(3)5-7-11/h4-9H,14H2,1-3H3. The van der Waals surface area contributed by atoms with Gasteiger partial charge in [0.2, 0.25) is 0 Å². The number of hydrogen-bond donors (Lipinski definition) is 1. The minimum Gasteiger partial charge on any atom is -0.396 e. The van der Waals surface area contributed by atoms with E-state index in [4.69, 9.17) is 5.73 Å². The first-order valence-electron chi connectivity index (χ1n) is 5.49. The Kier molecular flexibility index (Phi) is 2.69. The Bertz CT molecular complexity index is 480. The fourth-order valence-corrected chi connectivity index (χ4v) is 1.78. The van der Waals surface area contributed by atoms with Crippen LogP contribution in [0.3, 0.4) is 0 Å². The summed E-state index contributed by atoms with van der Waals surface area (Å²) in [6.45, 7) is 6.28. The molecule has 0 fully saturated rings. The fraction of sp³-hybridized carbons (Fsp3) is 0.308. The van der Waals surface area contributed by atoms with Crippen molar-refractivity contribution in [1.29, 1.82) is 0 Å². The van der Waals surface area contributed by atoms with E-state index in [-0.39, 0.29) is 0 Å². The molecule has 0 bridgehead atoms. The van der Waals surface area contributed by atoms with Gasteiger partial charge in [-0.25, -0.2) is 0 Å². The number of nitrogen functional groups attached to an aromatic ring is 1. The summed E-state index contributed by atoms with van der Waals surface area (Å²) in [5.41, 5.74) is 10.1. The van der Waals surface area contributed by atoms with E-state index in [0.717, 1.165) is 16.9 Å². The van der Waals surface area contributed by atoms with Crippen LogP contribution in [0, 0.1) is 6.92 Å². The van der Waals surface area contributed by atoms with Gasteiger partial charge in [-0.1, -0.05) is 29.8 Å². The zero-order valence-corrected chi connectivity index (χ0v) is 9.94. The van der Waals surface area contributed by atoms with E-state index in [9.17, 15) is 0 Å². The van der Waals surface area contributed by atoms with Gasteiger partial charge in [-0.05, 0) is 20.8 Å². The molecule has 1 aromatic carbocycles. The van der Waals surface area contributed by atoms with Gasteiger partial charge >= 0.3 is 0 Å². The number of nitrogens with two attached hydrogens (primary N) is 1. The summed E-state index contributed by atoms with van der Waals surface area (Å²) in [5, 5.41) is 4.31. The molecule has 2 N–H and O–H groups in total. The quantitative estimate of drug-likeness (QED) is 0.836. The summed E-state index contributed by atoms with van der Waals surface area (Å²) in [7, 11) is 0. The summed E-state index contributed by atoms with van der Waals surface area (Å²) in [6, 6.07) is 8.66. The third-order valence-corrected chi connectivity index (χ3v) is 2.64. The molecule has 16 heavy (non-hydrogen) atoms. The number of anilines is 1. The van der Waals surface area contributed by atoms with Crippen LogP contribution < -0.4 is 5.73 Å². The van der Waals surface area contributed by atoms with Gasteiger partial charge in [0.15, 0.2) is 0 Å². The Morgan fingerprint density at radius 3 is 2.38 bits per heavy atom. The average Bonchev–Trinajstić information content (AvgIpc) is 2.62. The van der Waals surface area contributed by atoms with Gasteiger partial charge in [-0.15, -0.1) is 0 Å². The van der Waals surface area contributed by atoms with Crippen LogP contribution in [-0.4, -0.2) is 9.78 Å². The van der Waals surface area contributed by atoms with Crippen LogP contribution in [0.1, 0.15) is 25.5 Å². The summed E-state index contributed by atoms with van der Waals surface area (Å²) in [6.07, 6.45) is 1.72. The van der Waals surface area contributed by atoms with Crippen LogP contribution in [0.5, 0.6) is 0 Å². The first-order chi connectivity index (χ1) is 7.59. The molecule has 0 amide bonds. The normalized spacial score (nSPS) is 11.0. The number of aryl methyl sites for hydroxylation is 1. The largest absolute Gasteiger partial charge is 0.396 e. The smallest absolute Gasteiger partial charge is 0.0915 e. The molecule has 0 saturated carbocycles. The summed E-state index contributed by atoms with van der Waals surface area (Å²) < 4.78 is 1.96. The Morgan fingerprint density at radius 1 is 1.19 bits per heavy atom. The maximum Gasteiger partial charge on any atom is 0.0915 e. The lowest BCUT2D eigenvalue weighted by atomic mass is 10.1. The molecule has 3 nitrogen and oxygen atoms in total. The molecule has 0 aliphatic heterocycles. The molecule has 0 saturated heterocycles. The highest BCUT2D eigenvalue weighted by atomic mass is 15.3. The summed E-state index contributed by atoms with van der Waals surface area (Å²) >= 11 is 0. The molecule has 0 unspecified atom stereocenters. The van der Waals surface area contributed by atoms with E-state index >= 15 is 0 Å². The van der Waals surface area contributed by atoms with E-state index in [2.05, 4.69) is 50.1 Å². The summed E-state index contributed by atoms with van der Waals surface area (Å²) in [4.78, 5) is 0. The molecular weight excluding hydrogens is 198 g/mol. The van der Waals surface area contributed by atoms with Crippen LogP contribution >= 0.6 is 0 Å². The highest BCUT2D eigenvalue weighted by Crippen LogP contribution is 2.28.